The van der Waals surface area contributed by atoms with Gasteiger partial charge in [-0.1, -0.05) is 24.3 Å². The number of H-pyrrole nitrogens is 1. The van der Waals surface area contributed by atoms with E-state index in [1.165, 1.54) is 17.7 Å². The third-order valence-corrected chi connectivity index (χ3v) is 5.18. The summed E-state index contributed by atoms with van der Waals surface area (Å²) in [6, 6.07) is 11.5. The average Bonchev–Trinajstić information content (AvgIpc) is 2.67. The molecule has 0 atom stereocenters. The normalized spacial score (nSPS) is 13.9. The molecule has 0 spiro atoms. The highest BCUT2D eigenvalue weighted by Gasteiger charge is 2.21. The predicted molar refractivity (Wildman–Crippen MR) is 108 cm³/mol. The maximum atomic E-state index is 13.4. The van der Waals surface area contributed by atoms with E-state index in [9.17, 15) is 13.6 Å². The van der Waals surface area contributed by atoms with Crippen LogP contribution in [-0.4, -0.2) is 21.4 Å². The highest BCUT2D eigenvalue weighted by Crippen LogP contribution is 2.19. The van der Waals surface area contributed by atoms with Crippen molar-refractivity contribution >= 4 is 5.95 Å². The van der Waals surface area contributed by atoms with E-state index in [1.54, 1.807) is 0 Å². The lowest BCUT2D eigenvalue weighted by Gasteiger charge is -2.27. The van der Waals surface area contributed by atoms with Crippen molar-refractivity contribution in [3.8, 4) is 0 Å². The van der Waals surface area contributed by atoms with E-state index in [-0.39, 0.29) is 5.56 Å². The fourth-order valence-corrected chi connectivity index (χ4v) is 3.65. The van der Waals surface area contributed by atoms with Crippen LogP contribution in [0.25, 0.3) is 0 Å². The summed E-state index contributed by atoms with van der Waals surface area (Å²) in [6.45, 7) is 4.05. The first-order chi connectivity index (χ1) is 14.0. The van der Waals surface area contributed by atoms with E-state index in [2.05, 4.69) is 15.3 Å². The van der Waals surface area contributed by atoms with E-state index < -0.39 is 11.6 Å². The number of hydrogen-bond acceptors (Lipinski definition) is 4. The summed E-state index contributed by atoms with van der Waals surface area (Å²) in [5, 5.41) is 3.19. The van der Waals surface area contributed by atoms with Crippen molar-refractivity contribution in [2.75, 3.05) is 11.9 Å². The lowest BCUT2D eigenvalue weighted by molar-refractivity contribution is 0.241. The molecule has 1 aromatic heterocycles. The van der Waals surface area contributed by atoms with Crippen molar-refractivity contribution in [2.45, 2.75) is 33.0 Å². The Bertz CT molecular complexity index is 1080. The van der Waals surface area contributed by atoms with Gasteiger partial charge in [0.1, 0.15) is 11.6 Å². The molecule has 2 aromatic carbocycles. The lowest BCUT2D eigenvalue weighted by Crippen LogP contribution is -2.35. The zero-order valence-electron chi connectivity index (χ0n) is 16.1. The van der Waals surface area contributed by atoms with Crippen LogP contribution >= 0.6 is 0 Å². The molecule has 0 bridgehead atoms. The van der Waals surface area contributed by atoms with Gasteiger partial charge in [0.05, 0.1) is 11.3 Å². The van der Waals surface area contributed by atoms with Gasteiger partial charge in [0.15, 0.2) is 0 Å². The molecule has 7 heteroatoms. The second-order valence-electron chi connectivity index (χ2n) is 7.36. The Labute approximate surface area is 167 Å². The molecule has 5 nitrogen and oxygen atoms in total. The van der Waals surface area contributed by atoms with Gasteiger partial charge in [-0.3, -0.25) is 14.7 Å². The van der Waals surface area contributed by atoms with E-state index in [1.807, 2.05) is 36.1 Å². The van der Waals surface area contributed by atoms with Crippen LogP contribution < -0.4 is 10.9 Å². The quantitative estimate of drug-likeness (QED) is 0.693. The molecular formula is C22H22F2N4O. The molecule has 2 heterocycles. The van der Waals surface area contributed by atoms with Crippen LogP contribution in [0, 0.1) is 18.6 Å². The Morgan fingerprint density at radius 1 is 1.17 bits per heavy atom. The van der Waals surface area contributed by atoms with E-state index in [0.29, 0.717) is 49.7 Å². The first kappa shape index (κ1) is 19.3. The standard InChI is InChI=1S/C22H22F2N4O/c1-14-4-2-3-5-16(14)11-25-22-26-20-6-7-28(13-19(20)21(29)27-22)12-15-8-17(23)10-18(24)9-15/h2-5,8-10H,6-7,11-13H2,1H3,(H2,25,26,27,29). The number of hydrogen-bond donors (Lipinski definition) is 2. The third kappa shape index (κ3) is 4.51. The van der Waals surface area contributed by atoms with Crippen LogP contribution in [0.1, 0.15) is 27.9 Å². The minimum absolute atomic E-state index is 0.183. The first-order valence-corrected chi connectivity index (χ1v) is 9.56. The Morgan fingerprint density at radius 3 is 2.69 bits per heavy atom. The van der Waals surface area contributed by atoms with Crippen LogP contribution in [0.2, 0.25) is 0 Å². The largest absolute Gasteiger partial charge is 0.352 e. The summed E-state index contributed by atoms with van der Waals surface area (Å²) < 4.78 is 26.8. The molecule has 0 aliphatic carbocycles. The smallest absolute Gasteiger partial charge is 0.257 e. The Balaban J connectivity index is 1.47. The van der Waals surface area contributed by atoms with Crippen LogP contribution in [-0.2, 0) is 26.1 Å². The van der Waals surface area contributed by atoms with Gasteiger partial charge in [0.2, 0.25) is 5.95 Å². The molecule has 4 rings (SSSR count). The summed E-state index contributed by atoms with van der Waals surface area (Å²) in [5.74, 6) is -0.736. The zero-order valence-corrected chi connectivity index (χ0v) is 16.1. The topological polar surface area (TPSA) is 61.0 Å². The molecule has 150 valence electrons. The molecular weight excluding hydrogens is 374 g/mol. The number of nitrogens with zero attached hydrogens (tertiary/aromatic N) is 2. The summed E-state index contributed by atoms with van der Waals surface area (Å²) in [5.41, 5.74) is 4.05. The van der Waals surface area contributed by atoms with Crippen molar-refractivity contribution in [3.63, 3.8) is 0 Å². The van der Waals surface area contributed by atoms with Gasteiger partial charge in [-0.15, -0.1) is 0 Å². The number of anilines is 1. The van der Waals surface area contributed by atoms with E-state index in [4.69, 9.17) is 0 Å². The SMILES string of the molecule is Cc1ccccc1CNc1nc2c(c(=O)[nH]1)CN(Cc1cc(F)cc(F)c1)CC2. The number of fused-ring (bicyclic) bond motifs is 1. The summed E-state index contributed by atoms with van der Waals surface area (Å²) >= 11 is 0. The lowest BCUT2D eigenvalue weighted by atomic mass is 10.1. The van der Waals surface area contributed by atoms with Crippen molar-refractivity contribution in [1.82, 2.24) is 14.9 Å². The Morgan fingerprint density at radius 2 is 1.93 bits per heavy atom. The van der Waals surface area contributed by atoms with Gasteiger partial charge in [-0.2, -0.15) is 0 Å². The Hall–Kier alpha value is -3.06. The van der Waals surface area contributed by atoms with Gasteiger partial charge >= 0.3 is 0 Å². The monoisotopic (exact) mass is 396 g/mol. The van der Waals surface area contributed by atoms with Crippen molar-refractivity contribution < 1.29 is 8.78 Å². The summed E-state index contributed by atoms with van der Waals surface area (Å²) in [6.07, 6.45) is 0.607. The van der Waals surface area contributed by atoms with Gasteiger partial charge < -0.3 is 5.32 Å². The molecule has 1 aliphatic heterocycles. The predicted octanol–water partition coefficient (Wildman–Crippen LogP) is 3.53. The molecule has 0 amide bonds. The van der Waals surface area contributed by atoms with Crippen LogP contribution in [0.15, 0.2) is 47.3 Å². The van der Waals surface area contributed by atoms with Crippen LogP contribution in [0.3, 0.4) is 0 Å². The minimum Gasteiger partial charge on any atom is -0.352 e. The number of aromatic nitrogens is 2. The number of benzene rings is 2. The van der Waals surface area contributed by atoms with Gasteiger partial charge in [0, 0.05) is 38.7 Å². The Kier molecular flexibility index (Phi) is 5.40. The number of rotatable bonds is 5. The van der Waals surface area contributed by atoms with Gasteiger partial charge in [-0.05, 0) is 35.7 Å². The molecule has 1 aliphatic rings. The molecule has 0 saturated heterocycles. The average molecular weight is 396 g/mol. The second kappa shape index (κ2) is 8.13. The number of nitrogens with one attached hydrogen (secondary N) is 2. The molecule has 0 fully saturated rings. The van der Waals surface area contributed by atoms with E-state index >= 15 is 0 Å². The maximum Gasteiger partial charge on any atom is 0.257 e. The third-order valence-electron chi connectivity index (χ3n) is 5.18. The zero-order chi connectivity index (χ0) is 20.4. The number of aromatic amines is 1. The number of halogens is 2. The summed E-state index contributed by atoms with van der Waals surface area (Å²) in [7, 11) is 0. The molecule has 0 saturated carbocycles. The maximum absolute atomic E-state index is 13.4. The molecule has 2 N–H and O–H groups in total. The highest BCUT2D eigenvalue weighted by atomic mass is 19.1. The van der Waals surface area contributed by atoms with E-state index in [0.717, 1.165) is 17.3 Å². The molecule has 0 unspecified atom stereocenters. The molecule has 3 aromatic rings. The van der Waals surface area contributed by atoms with Crippen molar-refractivity contribution in [2.24, 2.45) is 0 Å². The second-order valence-corrected chi connectivity index (χ2v) is 7.36. The summed E-state index contributed by atoms with van der Waals surface area (Å²) in [4.78, 5) is 22.0. The van der Waals surface area contributed by atoms with Crippen LogP contribution in [0.4, 0.5) is 14.7 Å². The first-order valence-electron chi connectivity index (χ1n) is 9.56. The van der Waals surface area contributed by atoms with Gasteiger partial charge in [-0.25, -0.2) is 13.8 Å². The fraction of sp³-hybridized carbons (Fsp3) is 0.273. The molecule has 29 heavy (non-hydrogen) atoms. The fourth-order valence-electron chi connectivity index (χ4n) is 3.65. The highest BCUT2D eigenvalue weighted by molar-refractivity contribution is 5.34. The van der Waals surface area contributed by atoms with Crippen LogP contribution in [0.5, 0.6) is 0 Å². The molecule has 0 radical (unpaired) electrons. The van der Waals surface area contributed by atoms with Crippen molar-refractivity contribution in [3.05, 3.63) is 92.4 Å². The van der Waals surface area contributed by atoms with Crippen molar-refractivity contribution in [1.29, 1.82) is 0 Å². The van der Waals surface area contributed by atoms with Gasteiger partial charge in [0.25, 0.3) is 5.56 Å². The minimum atomic E-state index is -0.596. The number of aryl methyl sites for hydroxylation is 1.